The third kappa shape index (κ3) is 3.11. The van der Waals surface area contributed by atoms with Crippen LogP contribution in [-0.4, -0.2) is 26.3 Å². The zero-order valence-corrected chi connectivity index (χ0v) is 8.31. The Kier molecular flexibility index (Phi) is 4.62. The maximum absolute atomic E-state index is 4.99. The van der Waals surface area contributed by atoms with Gasteiger partial charge in [0.25, 0.3) is 0 Å². The molecule has 2 heteroatoms. The van der Waals surface area contributed by atoms with Gasteiger partial charge in [-0.15, -0.1) is 0 Å². The van der Waals surface area contributed by atoms with Crippen LogP contribution >= 0.6 is 0 Å². The minimum Gasteiger partial charge on any atom is -0.385 e. The van der Waals surface area contributed by atoms with Gasteiger partial charge in [0, 0.05) is 19.8 Å². The molecule has 0 aliphatic heterocycles. The molecule has 1 aliphatic rings. The molecular formula is C10H21NO. The molecule has 2 nitrogen and oxygen atoms in total. The summed E-state index contributed by atoms with van der Waals surface area (Å²) in [5.41, 5.74) is 0. The van der Waals surface area contributed by atoms with E-state index in [0.717, 1.165) is 31.5 Å². The zero-order chi connectivity index (χ0) is 8.81. The van der Waals surface area contributed by atoms with Gasteiger partial charge in [0.1, 0.15) is 0 Å². The lowest BCUT2D eigenvalue weighted by Crippen LogP contribution is -2.32. The van der Waals surface area contributed by atoms with E-state index in [9.17, 15) is 0 Å². The fourth-order valence-electron chi connectivity index (χ4n) is 1.95. The van der Waals surface area contributed by atoms with Crippen molar-refractivity contribution in [2.75, 3.05) is 20.3 Å². The van der Waals surface area contributed by atoms with Gasteiger partial charge in [0.2, 0.25) is 0 Å². The Morgan fingerprint density at radius 2 is 2.25 bits per heavy atom. The number of hydrogen-bond donors (Lipinski definition) is 1. The average molecular weight is 171 g/mol. The summed E-state index contributed by atoms with van der Waals surface area (Å²) in [7, 11) is 1.76. The molecule has 1 fully saturated rings. The number of nitrogens with one attached hydrogen (secondary N) is 1. The lowest BCUT2D eigenvalue weighted by molar-refractivity contribution is 0.192. The third-order valence-corrected chi connectivity index (χ3v) is 2.79. The predicted octanol–water partition coefficient (Wildman–Crippen LogP) is 1.80. The van der Waals surface area contributed by atoms with Crippen molar-refractivity contribution in [1.82, 2.24) is 5.32 Å². The molecule has 1 saturated carbocycles. The van der Waals surface area contributed by atoms with E-state index in [0.29, 0.717) is 0 Å². The molecule has 0 heterocycles. The maximum atomic E-state index is 4.99. The van der Waals surface area contributed by atoms with Crippen molar-refractivity contribution in [3.8, 4) is 0 Å². The molecule has 0 aromatic heterocycles. The molecule has 1 rings (SSSR count). The Morgan fingerprint density at radius 3 is 2.83 bits per heavy atom. The van der Waals surface area contributed by atoms with Gasteiger partial charge in [0.15, 0.2) is 0 Å². The van der Waals surface area contributed by atoms with Crippen LogP contribution in [-0.2, 0) is 4.74 Å². The Bertz CT molecular complexity index is 116. The summed E-state index contributed by atoms with van der Waals surface area (Å²) in [6.45, 7) is 4.35. The minimum atomic E-state index is 0.779. The van der Waals surface area contributed by atoms with Gasteiger partial charge in [-0.25, -0.2) is 0 Å². The van der Waals surface area contributed by atoms with Gasteiger partial charge in [-0.05, 0) is 31.7 Å². The monoisotopic (exact) mass is 171 g/mol. The first-order valence-corrected chi connectivity index (χ1v) is 5.07. The van der Waals surface area contributed by atoms with Crippen molar-refractivity contribution in [1.29, 1.82) is 0 Å². The summed E-state index contributed by atoms with van der Waals surface area (Å²) in [6.07, 6.45) is 5.32. The quantitative estimate of drug-likeness (QED) is 0.637. The van der Waals surface area contributed by atoms with E-state index in [1.165, 1.54) is 19.3 Å². The van der Waals surface area contributed by atoms with Gasteiger partial charge in [-0.3, -0.25) is 0 Å². The number of methoxy groups -OCH3 is 1. The second-order valence-electron chi connectivity index (χ2n) is 3.82. The summed E-state index contributed by atoms with van der Waals surface area (Å²) in [6, 6.07) is 0.779. The fourth-order valence-corrected chi connectivity index (χ4v) is 1.95. The summed E-state index contributed by atoms with van der Waals surface area (Å²) in [4.78, 5) is 0. The number of ether oxygens (including phenoxy) is 1. The fraction of sp³-hybridized carbons (Fsp3) is 1.00. The Morgan fingerprint density at radius 1 is 1.42 bits per heavy atom. The molecule has 0 bridgehead atoms. The van der Waals surface area contributed by atoms with E-state index in [2.05, 4.69) is 12.2 Å². The lowest BCUT2D eigenvalue weighted by Gasteiger charge is -2.16. The SMILES string of the molecule is COCCCNC1CCCC1C. The minimum absolute atomic E-state index is 0.779. The molecule has 0 aromatic carbocycles. The van der Waals surface area contributed by atoms with Gasteiger partial charge in [-0.2, -0.15) is 0 Å². The van der Waals surface area contributed by atoms with E-state index < -0.39 is 0 Å². The smallest absolute Gasteiger partial charge is 0.0474 e. The van der Waals surface area contributed by atoms with Gasteiger partial charge >= 0.3 is 0 Å². The average Bonchev–Trinajstić information content (AvgIpc) is 2.46. The van der Waals surface area contributed by atoms with Crippen LogP contribution in [0, 0.1) is 5.92 Å². The van der Waals surface area contributed by atoms with Crippen LogP contribution in [0.3, 0.4) is 0 Å². The van der Waals surface area contributed by atoms with E-state index in [-0.39, 0.29) is 0 Å². The standard InChI is InChI=1S/C10H21NO/c1-9-5-3-6-10(9)11-7-4-8-12-2/h9-11H,3-8H2,1-2H3. The summed E-state index contributed by atoms with van der Waals surface area (Å²) in [5, 5.41) is 3.59. The van der Waals surface area contributed by atoms with Crippen LogP contribution < -0.4 is 5.32 Å². The molecule has 2 unspecified atom stereocenters. The summed E-state index contributed by atoms with van der Waals surface area (Å²) in [5.74, 6) is 0.882. The van der Waals surface area contributed by atoms with Crippen LogP contribution in [0.4, 0.5) is 0 Å². The summed E-state index contributed by atoms with van der Waals surface area (Å²) >= 11 is 0. The molecular weight excluding hydrogens is 150 g/mol. The number of rotatable bonds is 5. The Balaban J connectivity index is 1.98. The van der Waals surface area contributed by atoms with Crippen LogP contribution in [0.5, 0.6) is 0 Å². The molecule has 0 spiro atoms. The van der Waals surface area contributed by atoms with Gasteiger partial charge in [0.05, 0.1) is 0 Å². The molecule has 0 saturated heterocycles. The normalized spacial score (nSPS) is 29.5. The first-order valence-electron chi connectivity index (χ1n) is 5.07. The van der Waals surface area contributed by atoms with Crippen LogP contribution in [0.25, 0.3) is 0 Å². The molecule has 0 radical (unpaired) electrons. The summed E-state index contributed by atoms with van der Waals surface area (Å²) < 4.78 is 4.99. The van der Waals surface area contributed by atoms with Gasteiger partial charge < -0.3 is 10.1 Å². The van der Waals surface area contributed by atoms with Crippen molar-refractivity contribution in [2.45, 2.75) is 38.6 Å². The maximum Gasteiger partial charge on any atom is 0.0474 e. The van der Waals surface area contributed by atoms with E-state index in [1.54, 1.807) is 7.11 Å². The third-order valence-electron chi connectivity index (χ3n) is 2.79. The van der Waals surface area contributed by atoms with Crippen molar-refractivity contribution in [3.05, 3.63) is 0 Å². The second kappa shape index (κ2) is 5.55. The predicted molar refractivity (Wildman–Crippen MR) is 51.3 cm³/mol. The molecule has 1 aliphatic carbocycles. The molecule has 2 atom stereocenters. The van der Waals surface area contributed by atoms with Crippen LogP contribution in [0.1, 0.15) is 32.6 Å². The highest BCUT2D eigenvalue weighted by molar-refractivity contribution is 4.79. The van der Waals surface area contributed by atoms with Crippen LogP contribution in [0.2, 0.25) is 0 Å². The van der Waals surface area contributed by atoms with Crippen molar-refractivity contribution in [2.24, 2.45) is 5.92 Å². The zero-order valence-electron chi connectivity index (χ0n) is 8.31. The number of hydrogen-bond acceptors (Lipinski definition) is 2. The van der Waals surface area contributed by atoms with Crippen molar-refractivity contribution >= 4 is 0 Å². The molecule has 1 N–H and O–H groups in total. The highest BCUT2D eigenvalue weighted by Gasteiger charge is 2.21. The lowest BCUT2D eigenvalue weighted by atomic mass is 10.1. The Labute approximate surface area is 75.7 Å². The van der Waals surface area contributed by atoms with E-state index in [1.807, 2.05) is 0 Å². The van der Waals surface area contributed by atoms with Crippen LogP contribution in [0.15, 0.2) is 0 Å². The van der Waals surface area contributed by atoms with Crippen molar-refractivity contribution < 1.29 is 4.74 Å². The van der Waals surface area contributed by atoms with E-state index >= 15 is 0 Å². The topological polar surface area (TPSA) is 21.3 Å². The first kappa shape index (κ1) is 10.0. The van der Waals surface area contributed by atoms with Crippen molar-refractivity contribution in [3.63, 3.8) is 0 Å². The molecule has 72 valence electrons. The van der Waals surface area contributed by atoms with E-state index in [4.69, 9.17) is 4.74 Å². The Hall–Kier alpha value is -0.0800. The van der Waals surface area contributed by atoms with Gasteiger partial charge in [-0.1, -0.05) is 13.3 Å². The first-order chi connectivity index (χ1) is 5.84. The highest BCUT2D eigenvalue weighted by Crippen LogP contribution is 2.24. The molecule has 0 amide bonds. The molecule has 0 aromatic rings. The molecule has 12 heavy (non-hydrogen) atoms. The second-order valence-corrected chi connectivity index (χ2v) is 3.82. The largest absolute Gasteiger partial charge is 0.385 e. The highest BCUT2D eigenvalue weighted by atomic mass is 16.5.